The molecule has 2 aromatic heterocycles. The Bertz CT molecular complexity index is 833. The summed E-state index contributed by atoms with van der Waals surface area (Å²) in [6.07, 6.45) is 5.29. The van der Waals surface area contributed by atoms with E-state index < -0.39 is 0 Å². The first-order valence-corrected chi connectivity index (χ1v) is 9.04. The molecule has 1 aliphatic carbocycles. The standard InChI is InChI=1S/C18H19N3O2S/c1-21(11-16-19-10-14(23-16)12-6-7-12)18(22)9-8-17-20-13-4-2-3-5-15(13)24-17/h2-5,10,12H,6-9,11H2,1H3. The predicted octanol–water partition coefficient (Wildman–Crippen LogP) is 3.75. The van der Waals surface area contributed by atoms with Crippen LogP contribution in [0.2, 0.25) is 0 Å². The third kappa shape index (κ3) is 3.33. The lowest BCUT2D eigenvalue weighted by molar-refractivity contribution is -0.130. The van der Waals surface area contributed by atoms with Gasteiger partial charge in [-0.25, -0.2) is 9.97 Å². The first kappa shape index (κ1) is 15.3. The van der Waals surface area contributed by atoms with Gasteiger partial charge < -0.3 is 9.32 Å². The van der Waals surface area contributed by atoms with Gasteiger partial charge in [0.1, 0.15) is 5.76 Å². The van der Waals surface area contributed by atoms with Gasteiger partial charge in [0.15, 0.2) is 0 Å². The fourth-order valence-electron chi connectivity index (χ4n) is 2.68. The van der Waals surface area contributed by atoms with Gasteiger partial charge in [-0.15, -0.1) is 11.3 Å². The van der Waals surface area contributed by atoms with Crippen molar-refractivity contribution in [2.45, 2.75) is 38.1 Å². The summed E-state index contributed by atoms with van der Waals surface area (Å²) in [5.74, 6) is 2.21. The summed E-state index contributed by atoms with van der Waals surface area (Å²) in [7, 11) is 1.79. The molecule has 0 atom stereocenters. The van der Waals surface area contributed by atoms with E-state index in [1.54, 1.807) is 29.5 Å². The second-order valence-corrected chi connectivity index (χ2v) is 7.37. The van der Waals surface area contributed by atoms with Crippen LogP contribution in [0.4, 0.5) is 0 Å². The number of amides is 1. The number of benzene rings is 1. The maximum absolute atomic E-state index is 12.3. The first-order valence-electron chi connectivity index (χ1n) is 8.22. The molecule has 0 radical (unpaired) electrons. The van der Waals surface area contributed by atoms with Crippen molar-refractivity contribution in [2.24, 2.45) is 0 Å². The minimum Gasteiger partial charge on any atom is -0.443 e. The highest BCUT2D eigenvalue weighted by Gasteiger charge is 2.27. The molecule has 0 aliphatic heterocycles. The van der Waals surface area contributed by atoms with Gasteiger partial charge in [-0.1, -0.05) is 12.1 Å². The average molecular weight is 341 g/mol. The molecule has 24 heavy (non-hydrogen) atoms. The van der Waals surface area contributed by atoms with Crippen LogP contribution in [0.1, 0.15) is 41.8 Å². The molecule has 124 valence electrons. The van der Waals surface area contributed by atoms with Crippen LogP contribution in [0.25, 0.3) is 10.2 Å². The molecule has 1 saturated carbocycles. The number of hydrogen-bond acceptors (Lipinski definition) is 5. The van der Waals surface area contributed by atoms with Crippen molar-refractivity contribution in [3.8, 4) is 0 Å². The van der Waals surface area contributed by atoms with Crippen LogP contribution < -0.4 is 0 Å². The highest BCUT2D eigenvalue weighted by atomic mass is 32.1. The van der Waals surface area contributed by atoms with Crippen molar-refractivity contribution in [1.82, 2.24) is 14.9 Å². The summed E-state index contributed by atoms with van der Waals surface area (Å²) in [6.45, 7) is 0.422. The molecule has 0 unspecified atom stereocenters. The number of fused-ring (bicyclic) bond motifs is 1. The van der Waals surface area contributed by atoms with Gasteiger partial charge in [-0.3, -0.25) is 4.79 Å². The predicted molar refractivity (Wildman–Crippen MR) is 92.9 cm³/mol. The fraction of sp³-hybridized carbons (Fsp3) is 0.389. The molecule has 1 amide bonds. The van der Waals surface area contributed by atoms with Crippen LogP contribution in [0.15, 0.2) is 34.9 Å². The highest BCUT2D eigenvalue weighted by molar-refractivity contribution is 7.18. The molecule has 1 fully saturated rings. The van der Waals surface area contributed by atoms with E-state index in [9.17, 15) is 4.79 Å². The van der Waals surface area contributed by atoms with E-state index in [0.717, 1.165) is 16.3 Å². The molecular weight excluding hydrogens is 322 g/mol. The number of aromatic nitrogens is 2. The van der Waals surface area contributed by atoms with Gasteiger partial charge >= 0.3 is 0 Å². The monoisotopic (exact) mass is 341 g/mol. The molecule has 2 heterocycles. The zero-order valence-electron chi connectivity index (χ0n) is 13.6. The third-order valence-corrected chi connectivity index (χ3v) is 5.34. The summed E-state index contributed by atoms with van der Waals surface area (Å²) in [5, 5.41) is 1.00. The van der Waals surface area contributed by atoms with Gasteiger partial charge in [0, 0.05) is 25.8 Å². The van der Waals surface area contributed by atoms with E-state index in [1.807, 2.05) is 18.2 Å². The van der Waals surface area contributed by atoms with Gasteiger partial charge in [0.05, 0.1) is 28.0 Å². The van der Waals surface area contributed by atoms with E-state index in [4.69, 9.17) is 4.42 Å². The average Bonchev–Trinajstić information content (AvgIpc) is 3.18. The van der Waals surface area contributed by atoms with Crippen molar-refractivity contribution in [3.63, 3.8) is 0 Å². The Morgan fingerprint density at radius 3 is 3.00 bits per heavy atom. The summed E-state index contributed by atoms with van der Waals surface area (Å²) in [5.41, 5.74) is 1.01. The molecule has 3 aromatic rings. The Morgan fingerprint density at radius 1 is 1.38 bits per heavy atom. The molecule has 4 rings (SSSR count). The number of para-hydroxylation sites is 1. The van der Waals surface area contributed by atoms with Gasteiger partial charge in [0.25, 0.3) is 0 Å². The van der Waals surface area contributed by atoms with Crippen LogP contribution in [0.3, 0.4) is 0 Å². The minimum absolute atomic E-state index is 0.0837. The lowest BCUT2D eigenvalue weighted by Gasteiger charge is -2.14. The summed E-state index contributed by atoms with van der Waals surface area (Å²) < 4.78 is 6.88. The van der Waals surface area contributed by atoms with E-state index in [1.165, 1.54) is 17.5 Å². The van der Waals surface area contributed by atoms with Crippen molar-refractivity contribution in [2.75, 3.05) is 7.05 Å². The lowest BCUT2D eigenvalue weighted by atomic mass is 10.3. The van der Waals surface area contributed by atoms with E-state index in [2.05, 4.69) is 16.0 Å². The Kier molecular flexibility index (Phi) is 4.06. The number of carbonyl (C=O) groups excluding carboxylic acids is 1. The molecule has 1 aliphatic rings. The molecular formula is C18H19N3O2S. The van der Waals surface area contributed by atoms with Crippen LogP contribution in [0.5, 0.6) is 0 Å². The van der Waals surface area contributed by atoms with E-state index in [-0.39, 0.29) is 5.91 Å². The SMILES string of the molecule is CN(Cc1ncc(C2CC2)o1)C(=O)CCc1nc2ccccc2s1. The molecule has 1 aromatic carbocycles. The Morgan fingerprint density at radius 2 is 2.21 bits per heavy atom. The highest BCUT2D eigenvalue weighted by Crippen LogP contribution is 2.40. The Hall–Kier alpha value is -2.21. The quantitative estimate of drug-likeness (QED) is 0.685. The van der Waals surface area contributed by atoms with E-state index >= 15 is 0 Å². The number of aryl methyl sites for hydroxylation is 1. The van der Waals surface area contributed by atoms with Gasteiger partial charge in [-0.05, 0) is 25.0 Å². The molecule has 6 heteroatoms. The number of carbonyl (C=O) groups is 1. The maximum Gasteiger partial charge on any atom is 0.223 e. The van der Waals surface area contributed by atoms with Crippen molar-refractivity contribution >= 4 is 27.5 Å². The minimum atomic E-state index is 0.0837. The topological polar surface area (TPSA) is 59.2 Å². The molecule has 5 nitrogen and oxygen atoms in total. The number of nitrogens with zero attached hydrogens (tertiary/aromatic N) is 3. The van der Waals surface area contributed by atoms with Gasteiger partial charge in [-0.2, -0.15) is 0 Å². The number of oxazole rings is 1. The normalized spacial score (nSPS) is 14.2. The second kappa shape index (κ2) is 6.36. The van der Waals surface area contributed by atoms with Crippen molar-refractivity contribution < 1.29 is 9.21 Å². The second-order valence-electron chi connectivity index (χ2n) is 6.26. The summed E-state index contributed by atoms with van der Waals surface area (Å²) >= 11 is 1.66. The number of hydrogen-bond donors (Lipinski definition) is 0. The Balaban J connectivity index is 1.32. The maximum atomic E-state index is 12.3. The van der Waals surface area contributed by atoms with Gasteiger partial charge in [0.2, 0.25) is 11.8 Å². The van der Waals surface area contributed by atoms with Crippen molar-refractivity contribution in [3.05, 3.63) is 47.1 Å². The molecule has 0 N–H and O–H groups in total. The van der Waals surface area contributed by atoms with Crippen LogP contribution in [-0.4, -0.2) is 27.8 Å². The van der Waals surface area contributed by atoms with Crippen LogP contribution >= 0.6 is 11.3 Å². The van der Waals surface area contributed by atoms with Crippen LogP contribution in [-0.2, 0) is 17.8 Å². The summed E-state index contributed by atoms with van der Waals surface area (Å²) in [6, 6.07) is 8.06. The fourth-order valence-corrected chi connectivity index (χ4v) is 3.64. The van der Waals surface area contributed by atoms with Crippen molar-refractivity contribution in [1.29, 1.82) is 0 Å². The largest absolute Gasteiger partial charge is 0.443 e. The smallest absolute Gasteiger partial charge is 0.223 e. The molecule has 0 spiro atoms. The Labute approximate surface area is 144 Å². The van der Waals surface area contributed by atoms with Crippen LogP contribution in [0, 0.1) is 0 Å². The van der Waals surface area contributed by atoms with E-state index in [0.29, 0.717) is 31.2 Å². The zero-order valence-corrected chi connectivity index (χ0v) is 14.4. The lowest BCUT2D eigenvalue weighted by Crippen LogP contribution is -2.26. The summed E-state index contributed by atoms with van der Waals surface area (Å²) in [4.78, 5) is 22.8. The zero-order chi connectivity index (χ0) is 16.5. The number of thiazole rings is 1. The third-order valence-electron chi connectivity index (χ3n) is 4.24. The molecule has 0 bridgehead atoms. The first-order chi connectivity index (χ1) is 11.7. The number of rotatable bonds is 6. The molecule has 0 saturated heterocycles.